The maximum atomic E-state index is 15.1. The summed E-state index contributed by atoms with van der Waals surface area (Å²) >= 11 is 0. The standard InChI is InChI=1S/C39H51N3O5/c1-7-21-40(26-30-19-12-11-13-20-30)35(44)31-32-36(45)42(23-14-9-10-15-24-43)34(39(32)25-29(5)38(31,6)47-39)37(46)41(22-8-2)33-27(3)17-16-18-28(33)4/h7-8,11-13,16-20,29,31-32,34,43H,1-2,9-10,14-15,21-26H2,3-6H3/t29?,31-,32+,34?,38+,39?/m1/s1. The second kappa shape index (κ2) is 14.2. The lowest BCUT2D eigenvalue weighted by Crippen LogP contribution is -2.57. The number of unbranched alkanes of at least 4 members (excludes halogenated alkanes) is 3. The fraction of sp³-hybridized carbons (Fsp3) is 0.513. The molecule has 3 amide bonds. The van der Waals surface area contributed by atoms with E-state index in [4.69, 9.17) is 4.74 Å². The molecule has 1 N–H and O–H groups in total. The van der Waals surface area contributed by atoms with Crippen LogP contribution < -0.4 is 4.90 Å². The lowest BCUT2D eigenvalue weighted by molar-refractivity contribution is -0.151. The molecule has 3 saturated heterocycles. The predicted octanol–water partition coefficient (Wildman–Crippen LogP) is 5.60. The van der Waals surface area contributed by atoms with Crippen molar-refractivity contribution in [3.8, 4) is 0 Å². The van der Waals surface area contributed by atoms with E-state index in [9.17, 15) is 14.7 Å². The van der Waals surface area contributed by atoms with Gasteiger partial charge in [0.25, 0.3) is 5.91 Å². The molecule has 1 spiro atoms. The van der Waals surface area contributed by atoms with Gasteiger partial charge in [-0.05, 0) is 62.6 Å². The van der Waals surface area contributed by atoms with Crippen molar-refractivity contribution >= 4 is 23.4 Å². The summed E-state index contributed by atoms with van der Waals surface area (Å²) in [7, 11) is 0. The van der Waals surface area contributed by atoms with Gasteiger partial charge in [0, 0.05) is 38.5 Å². The average molecular weight is 642 g/mol. The third kappa shape index (κ3) is 6.06. The lowest BCUT2D eigenvalue weighted by atomic mass is 9.62. The van der Waals surface area contributed by atoms with Gasteiger partial charge in [-0.1, -0.05) is 80.4 Å². The Balaban J connectivity index is 1.58. The third-order valence-corrected chi connectivity index (χ3v) is 10.8. The molecule has 2 bridgehead atoms. The van der Waals surface area contributed by atoms with Crippen molar-refractivity contribution in [3.05, 3.63) is 90.5 Å². The average Bonchev–Trinajstić information content (AvgIpc) is 3.56. The van der Waals surface area contributed by atoms with Crippen LogP contribution in [0.5, 0.6) is 0 Å². The summed E-state index contributed by atoms with van der Waals surface area (Å²) in [4.78, 5) is 49.8. The van der Waals surface area contributed by atoms with Gasteiger partial charge in [0.2, 0.25) is 11.8 Å². The largest absolute Gasteiger partial charge is 0.396 e. The number of aliphatic hydroxyl groups excluding tert-OH is 1. The normalized spacial score (nSPS) is 27.5. The second-order valence-electron chi connectivity index (χ2n) is 13.8. The first-order chi connectivity index (χ1) is 22.5. The molecule has 3 unspecified atom stereocenters. The zero-order valence-electron chi connectivity index (χ0n) is 28.5. The highest BCUT2D eigenvalue weighted by Crippen LogP contribution is 2.65. The van der Waals surface area contributed by atoms with E-state index in [1.165, 1.54) is 0 Å². The van der Waals surface area contributed by atoms with E-state index in [-0.39, 0.29) is 36.8 Å². The van der Waals surface area contributed by atoms with E-state index in [2.05, 4.69) is 20.1 Å². The van der Waals surface area contributed by atoms with Crippen molar-refractivity contribution in [2.45, 2.75) is 83.6 Å². The first-order valence-corrected chi connectivity index (χ1v) is 17.1. The molecule has 2 aromatic carbocycles. The van der Waals surface area contributed by atoms with Gasteiger partial charge in [-0.3, -0.25) is 14.4 Å². The number of hydrogen-bond donors (Lipinski definition) is 1. The van der Waals surface area contributed by atoms with Gasteiger partial charge in [-0.25, -0.2) is 0 Å². The molecule has 0 saturated carbocycles. The maximum absolute atomic E-state index is 15.1. The van der Waals surface area contributed by atoms with Crippen molar-refractivity contribution in [2.24, 2.45) is 17.8 Å². The van der Waals surface area contributed by atoms with E-state index >= 15 is 4.79 Å². The Morgan fingerprint density at radius 1 is 0.979 bits per heavy atom. The van der Waals surface area contributed by atoms with Crippen LogP contribution in [0.2, 0.25) is 0 Å². The van der Waals surface area contributed by atoms with Crippen LogP contribution in [0.4, 0.5) is 5.69 Å². The maximum Gasteiger partial charge on any atom is 0.253 e. The minimum Gasteiger partial charge on any atom is -0.396 e. The molecule has 0 radical (unpaired) electrons. The Hall–Kier alpha value is -3.75. The van der Waals surface area contributed by atoms with Gasteiger partial charge >= 0.3 is 0 Å². The molecule has 5 rings (SSSR count). The molecular formula is C39H51N3O5. The van der Waals surface area contributed by atoms with E-state index in [0.717, 1.165) is 35.2 Å². The summed E-state index contributed by atoms with van der Waals surface area (Å²) in [5, 5.41) is 9.30. The topological polar surface area (TPSA) is 90.4 Å². The minimum atomic E-state index is -1.14. The summed E-state index contributed by atoms with van der Waals surface area (Å²) in [5.41, 5.74) is 1.66. The van der Waals surface area contributed by atoms with Crippen LogP contribution in [0.3, 0.4) is 0 Å². The molecule has 252 valence electrons. The van der Waals surface area contributed by atoms with Crippen molar-refractivity contribution in [1.82, 2.24) is 9.80 Å². The Labute approximate surface area is 280 Å². The highest BCUT2D eigenvalue weighted by atomic mass is 16.5. The van der Waals surface area contributed by atoms with Crippen molar-refractivity contribution in [3.63, 3.8) is 0 Å². The van der Waals surface area contributed by atoms with Crippen molar-refractivity contribution in [2.75, 3.05) is 31.1 Å². The number of para-hydroxylation sites is 1. The molecule has 0 aliphatic carbocycles. The van der Waals surface area contributed by atoms with E-state index < -0.39 is 29.1 Å². The molecule has 2 aromatic rings. The number of carbonyl (C=O) groups excluding carboxylic acids is 3. The first kappa shape index (κ1) is 34.6. The predicted molar refractivity (Wildman–Crippen MR) is 185 cm³/mol. The van der Waals surface area contributed by atoms with Gasteiger partial charge < -0.3 is 24.5 Å². The van der Waals surface area contributed by atoms with Crippen LogP contribution in [-0.4, -0.2) is 76.1 Å². The van der Waals surface area contributed by atoms with Crippen LogP contribution in [-0.2, 0) is 25.7 Å². The molecule has 3 aliphatic heterocycles. The number of likely N-dealkylation sites (tertiary alicyclic amines) is 1. The van der Waals surface area contributed by atoms with Gasteiger partial charge in [-0.2, -0.15) is 0 Å². The molecule has 8 heteroatoms. The summed E-state index contributed by atoms with van der Waals surface area (Å²) in [6, 6.07) is 14.9. The number of fused-ring (bicyclic) bond motifs is 1. The fourth-order valence-corrected chi connectivity index (χ4v) is 8.57. The molecule has 6 atom stereocenters. The highest BCUT2D eigenvalue weighted by molar-refractivity contribution is 6.05. The Bertz CT molecular complexity index is 1470. The van der Waals surface area contributed by atoms with Crippen molar-refractivity contribution in [1.29, 1.82) is 0 Å². The summed E-state index contributed by atoms with van der Waals surface area (Å²) in [6.45, 7) is 17.4. The number of benzene rings is 2. The highest BCUT2D eigenvalue weighted by Gasteiger charge is 2.80. The SMILES string of the molecule is C=CCN(Cc1ccccc1)C(=O)[C@H]1[C@H]2C(=O)N(CCCCCCO)C(C(=O)N(CC=C)c3c(C)cccc3C)C23CC(C)[C@]1(C)O3. The molecular weight excluding hydrogens is 590 g/mol. The zero-order chi connectivity index (χ0) is 33.9. The number of hydrogen-bond acceptors (Lipinski definition) is 5. The Kier molecular flexibility index (Phi) is 10.4. The van der Waals surface area contributed by atoms with E-state index in [0.29, 0.717) is 38.9 Å². The number of amides is 3. The first-order valence-electron chi connectivity index (χ1n) is 17.1. The van der Waals surface area contributed by atoms with Gasteiger partial charge in [0.1, 0.15) is 11.6 Å². The van der Waals surface area contributed by atoms with Crippen molar-refractivity contribution < 1.29 is 24.2 Å². The molecule has 47 heavy (non-hydrogen) atoms. The van der Waals surface area contributed by atoms with Gasteiger partial charge in [0.05, 0.1) is 17.4 Å². The number of carbonyl (C=O) groups is 3. The molecule has 3 heterocycles. The number of nitrogens with zero attached hydrogens (tertiary/aromatic N) is 3. The Morgan fingerprint density at radius 3 is 2.28 bits per heavy atom. The third-order valence-electron chi connectivity index (χ3n) is 10.8. The summed E-state index contributed by atoms with van der Waals surface area (Å²) < 4.78 is 7.06. The minimum absolute atomic E-state index is 0.0596. The lowest BCUT2D eigenvalue weighted by Gasteiger charge is -2.39. The summed E-state index contributed by atoms with van der Waals surface area (Å²) in [5.74, 6) is -2.12. The quantitative estimate of drug-likeness (QED) is 0.202. The van der Waals surface area contributed by atoms with Gasteiger partial charge in [0.15, 0.2) is 0 Å². The molecule has 0 aromatic heterocycles. The molecule has 3 aliphatic rings. The molecule has 8 nitrogen and oxygen atoms in total. The monoisotopic (exact) mass is 641 g/mol. The fourth-order valence-electron chi connectivity index (χ4n) is 8.57. The Morgan fingerprint density at radius 2 is 1.64 bits per heavy atom. The molecule has 3 fully saturated rings. The van der Waals surface area contributed by atoms with Crippen LogP contribution in [0, 0.1) is 31.6 Å². The number of aryl methyl sites for hydroxylation is 2. The van der Waals surface area contributed by atoms with Crippen LogP contribution in [0.15, 0.2) is 73.8 Å². The van der Waals surface area contributed by atoms with E-state index in [1.807, 2.05) is 69.3 Å². The number of aliphatic hydroxyl groups is 1. The number of ether oxygens (including phenoxy) is 1. The van der Waals surface area contributed by atoms with Crippen LogP contribution >= 0.6 is 0 Å². The second-order valence-corrected chi connectivity index (χ2v) is 13.8. The van der Waals surface area contributed by atoms with Gasteiger partial charge in [-0.15, -0.1) is 13.2 Å². The van der Waals surface area contributed by atoms with Crippen LogP contribution in [0.25, 0.3) is 0 Å². The smallest absolute Gasteiger partial charge is 0.253 e. The van der Waals surface area contributed by atoms with E-state index in [1.54, 1.807) is 26.9 Å². The zero-order valence-corrected chi connectivity index (χ0v) is 28.5. The number of rotatable bonds is 15. The summed E-state index contributed by atoms with van der Waals surface area (Å²) in [6.07, 6.45) is 6.97. The van der Waals surface area contributed by atoms with Crippen LogP contribution in [0.1, 0.15) is 62.6 Å². The number of anilines is 1.